The van der Waals surface area contributed by atoms with E-state index in [1.807, 2.05) is 0 Å². The summed E-state index contributed by atoms with van der Waals surface area (Å²) < 4.78 is 0. The summed E-state index contributed by atoms with van der Waals surface area (Å²) in [4.78, 5) is 11.5. The Balaban J connectivity index is 1.74. The Morgan fingerprint density at radius 2 is 2.08 bits per heavy atom. The summed E-state index contributed by atoms with van der Waals surface area (Å²) in [6, 6.07) is 0.443. The molecule has 2 fully saturated rings. The average molecular weight is 181 g/mol. The fourth-order valence-corrected chi connectivity index (χ4v) is 1.97. The molecule has 1 atom stereocenters. The molecule has 2 rings (SSSR count). The molecule has 13 heavy (non-hydrogen) atoms. The minimum absolute atomic E-state index is 0.278. The lowest BCUT2D eigenvalue weighted by Crippen LogP contribution is -2.52. The smallest absolute Gasteiger partial charge is 0.220 e. The van der Waals surface area contributed by atoms with E-state index in [2.05, 4.69) is 19.2 Å². The van der Waals surface area contributed by atoms with Gasteiger partial charge in [0.25, 0.3) is 0 Å². The van der Waals surface area contributed by atoms with Crippen LogP contribution in [0, 0.1) is 11.3 Å². The highest BCUT2D eigenvalue weighted by molar-refractivity contribution is 5.77. The third-order valence-electron chi connectivity index (χ3n) is 3.53. The molecule has 0 spiro atoms. The van der Waals surface area contributed by atoms with Crippen molar-refractivity contribution in [2.75, 3.05) is 0 Å². The van der Waals surface area contributed by atoms with Gasteiger partial charge in [-0.25, -0.2) is 0 Å². The van der Waals surface area contributed by atoms with Gasteiger partial charge in [-0.05, 0) is 37.0 Å². The monoisotopic (exact) mass is 181 g/mol. The molecule has 1 amide bonds. The Morgan fingerprint density at radius 3 is 2.46 bits per heavy atom. The van der Waals surface area contributed by atoms with Gasteiger partial charge in [-0.1, -0.05) is 13.8 Å². The third kappa shape index (κ3) is 2.04. The molecule has 2 aliphatic rings. The van der Waals surface area contributed by atoms with Gasteiger partial charge in [0.05, 0.1) is 0 Å². The zero-order valence-electron chi connectivity index (χ0n) is 8.60. The lowest BCUT2D eigenvalue weighted by molar-refractivity contribution is -0.124. The Bertz CT molecular complexity index is 218. The van der Waals surface area contributed by atoms with Crippen LogP contribution in [0.15, 0.2) is 0 Å². The van der Waals surface area contributed by atoms with E-state index in [1.165, 1.54) is 25.7 Å². The lowest BCUT2D eigenvalue weighted by Gasteiger charge is -2.44. The highest BCUT2D eigenvalue weighted by Crippen LogP contribution is 2.40. The van der Waals surface area contributed by atoms with Crippen molar-refractivity contribution in [3.8, 4) is 0 Å². The van der Waals surface area contributed by atoms with E-state index in [0.29, 0.717) is 17.4 Å². The Kier molecular flexibility index (Phi) is 2.09. The molecule has 74 valence electrons. The van der Waals surface area contributed by atoms with Crippen molar-refractivity contribution < 1.29 is 4.79 Å². The second kappa shape index (κ2) is 3.00. The summed E-state index contributed by atoms with van der Waals surface area (Å²) in [5.74, 6) is 0.989. The summed E-state index contributed by atoms with van der Waals surface area (Å²) in [5, 5.41) is 3.14. The molecule has 2 nitrogen and oxygen atoms in total. The highest BCUT2D eigenvalue weighted by Gasteiger charge is 2.39. The predicted molar refractivity (Wildman–Crippen MR) is 52.3 cm³/mol. The maximum absolute atomic E-state index is 11.5. The van der Waals surface area contributed by atoms with E-state index < -0.39 is 0 Å². The van der Waals surface area contributed by atoms with Crippen LogP contribution in [-0.2, 0) is 4.79 Å². The van der Waals surface area contributed by atoms with Gasteiger partial charge < -0.3 is 5.32 Å². The topological polar surface area (TPSA) is 29.1 Å². The number of amides is 1. The van der Waals surface area contributed by atoms with E-state index in [0.717, 1.165) is 6.42 Å². The summed E-state index contributed by atoms with van der Waals surface area (Å²) in [5.41, 5.74) is 0.346. The molecule has 0 saturated heterocycles. The zero-order chi connectivity index (χ0) is 9.47. The number of carbonyl (C=O) groups excluding carboxylic acids is 1. The van der Waals surface area contributed by atoms with E-state index in [9.17, 15) is 4.79 Å². The molecular formula is C11H19NO. The van der Waals surface area contributed by atoms with Crippen LogP contribution in [0.1, 0.15) is 46.0 Å². The molecule has 0 aromatic carbocycles. The van der Waals surface area contributed by atoms with Crippen molar-refractivity contribution in [3.05, 3.63) is 0 Å². The van der Waals surface area contributed by atoms with Crippen LogP contribution in [0.2, 0.25) is 0 Å². The van der Waals surface area contributed by atoms with Crippen molar-refractivity contribution in [1.29, 1.82) is 0 Å². The van der Waals surface area contributed by atoms with E-state index in [-0.39, 0.29) is 5.91 Å². The average Bonchev–Trinajstić information content (AvgIpc) is 2.82. The molecule has 0 radical (unpaired) electrons. The standard InChI is InChI=1S/C11H19NO/c1-11(2)6-5-9(11)12-10(13)7-8-3-4-8/h8-9H,3-7H2,1-2H3,(H,12,13). The highest BCUT2D eigenvalue weighted by atomic mass is 16.1. The molecule has 0 aliphatic heterocycles. The molecule has 0 aromatic heterocycles. The largest absolute Gasteiger partial charge is 0.353 e. The second-order valence-electron chi connectivity index (χ2n) is 5.29. The number of rotatable bonds is 3. The number of nitrogens with one attached hydrogen (secondary N) is 1. The number of hydrogen-bond acceptors (Lipinski definition) is 1. The second-order valence-corrected chi connectivity index (χ2v) is 5.29. The van der Waals surface area contributed by atoms with Crippen LogP contribution >= 0.6 is 0 Å². The SMILES string of the molecule is CC1(C)CCC1NC(=O)CC1CC1. The molecule has 0 aromatic rings. The van der Waals surface area contributed by atoms with Crippen molar-refractivity contribution in [2.24, 2.45) is 11.3 Å². The summed E-state index contributed by atoms with van der Waals surface area (Å²) in [7, 11) is 0. The van der Waals surface area contributed by atoms with Crippen LogP contribution in [0.5, 0.6) is 0 Å². The minimum Gasteiger partial charge on any atom is -0.353 e. The van der Waals surface area contributed by atoms with Gasteiger partial charge in [0.2, 0.25) is 5.91 Å². The molecule has 2 heteroatoms. The molecule has 1 unspecified atom stereocenters. The van der Waals surface area contributed by atoms with Crippen LogP contribution in [0.3, 0.4) is 0 Å². The van der Waals surface area contributed by atoms with E-state index in [4.69, 9.17) is 0 Å². The van der Waals surface area contributed by atoms with Gasteiger partial charge in [0.15, 0.2) is 0 Å². The first-order valence-corrected chi connectivity index (χ1v) is 5.37. The Labute approximate surface area is 80.1 Å². The van der Waals surface area contributed by atoms with Crippen molar-refractivity contribution in [1.82, 2.24) is 5.32 Å². The molecule has 2 saturated carbocycles. The minimum atomic E-state index is 0.278. The summed E-state index contributed by atoms with van der Waals surface area (Å²) >= 11 is 0. The van der Waals surface area contributed by atoms with Gasteiger partial charge in [-0.3, -0.25) is 4.79 Å². The van der Waals surface area contributed by atoms with Crippen LogP contribution in [0.4, 0.5) is 0 Å². The van der Waals surface area contributed by atoms with E-state index >= 15 is 0 Å². The third-order valence-corrected chi connectivity index (χ3v) is 3.53. The first-order chi connectivity index (χ1) is 6.08. The van der Waals surface area contributed by atoms with E-state index in [1.54, 1.807) is 0 Å². The summed E-state index contributed by atoms with van der Waals surface area (Å²) in [6.45, 7) is 4.47. The maximum atomic E-state index is 11.5. The Hall–Kier alpha value is -0.530. The fraction of sp³-hybridized carbons (Fsp3) is 0.909. The van der Waals surface area contributed by atoms with Crippen LogP contribution < -0.4 is 5.32 Å². The Morgan fingerprint density at radius 1 is 1.38 bits per heavy atom. The normalized spacial score (nSPS) is 30.8. The van der Waals surface area contributed by atoms with Crippen molar-refractivity contribution in [2.45, 2.75) is 52.0 Å². The van der Waals surface area contributed by atoms with Gasteiger partial charge in [0.1, 0.15) is 0 Å². The first kappa shape index (κ1) is 9.04. The molecular weight excluding hydrogens is 162 g/mol. The van der Waals surface area contributed by atoms with Crippen molar-refractivity contribution >= 4 is 5.91 Å². The van der Waals surface area contributed by atoms with Gasteiger partial charge in [-0.15, -0.1) is 0 Å². The first-order valence-electron chi connectivity index (χ1n) is 5.37. The molecule has 0 heterocycles. The van der Waals surface area contributed by atoms with Gasteiger partial charge >= 0.3 is 0 Å². The zero-order valence-corrected chi connectivity index (χ0v) is 8.60. The maximum Gasteiger partial charge on any atom is 0.220 e. The molecule has 2 aliphatic carbocycles. The number of hydrogen-bond donors (Lipinski definition) is 1. The quantitative estimate of drug-likeness (QED) is 0.709. The van der Waals surface area contributed by atoms with Crippen LogP contribution in [0.25, 0.3) is 0 Å². The van der Waals surface area contributed by atoms with Crippen LogP contribution in [-0.4, -0.2) is 11.9 Å². The fourth-order valence-electron chi connectivity index (χ4n) is 1.97. The lowest BCUT2D eigenvalue weighted by atomic mass is 9.67. The van der Waals surface area contributed by atoms with Crippen molar-refractivity contribution in [3.63, 3.8) is 0 Å². The molecule has 1 N–H and O–H groups in total. The molecule has 0 bridgehead atoms. The number of carbonyl (C=O) groups is 1. The summed E-state index contributed by atoms with van der Waals surface area (Å²) in [6.07, 6.45) is 5.72. The van der Waals surface area contributed by atoms with Gasteiger partial charge in [-0.2, -0.15) is 0 Å². The predicted octanol–water partition coefficient (Wildman–Crippen LogP) is 2.09. The van der Waals surface area contributed by atoms with Gasteiger partial charge in [0, 0.05) is 12.5 Å².